The number of para-hydroxylation sites is 1. The average molecular weight is 361 g/mol. The summed E-state index contributed by atoms with van der Waals surface area (Å²) in [5, 5.41) is 4.54. The van der Waals surface area contributed by atoms with Crippen LogP contribution in [0.2, 0.25) is 0 Å². The van der Waals surface area contributed by atoms with Crippen molar-refractivity contribution in [1.29, 1.82) is 0 Å². The van der Waals surface area contributed by atoms with Crippen molar-refractivity contribution in [1.82, 2.24) is 14.7 Å². The normalized spacial score (nSPS) is 16.5. The second-order valence-electron chi connectivity index (χ2n) is 6.89. The molecule has 1 unspecified atom stereocenters. The van der Waals surface area contributed by atoms with Crippen LogP contribution in [-0.2, 0) is 0 Å². The zero-order valence-corrected chi connectivity index (χ0v) is 15.6. The molecule has 4 rings (SSSR count). The summed E-state index contributed by atoms with van der Waals surface area (Å²) < 4.78 is 7.15. The number of aromatic nitrogens is 2. The summed E-state index contributed by atoms with van der Waals surface area (Å²) in [7, 11) is 1.57. The summed E-state index contributed by atoms with van der Waals surface area (Å²) in [4.78, 5) is 15.2. The molecule has 1 fully saturated rings. The minimum Gasteiger partial charge on any atom is -0.493 e. The summed E-state index contributed by atoms with van der Waals surface area (Å²) in [6.45, 7) is 2.81. The SMILES string of the molecule is COc1cn(-c2ccccc2)nc1C(=O)N1CCCC1c1ccc(C)cc1. The highest BCUT2D eigenvalue weighted by Gasteiger charge is 2.33. The second kappa shape index (κ2) is 7.27. The van der Waals surface area contributed by atoms with Gasteiger partial charge in [0.2, 0.25) is 0 Å². The molecule has 138 valence electrons. The van der Waals surface area contributed by atoms with Crippen molar-refractivity contribution in [2.24, 2.45) is 0 Å². The summed E-state index contributed by atoms with van der Waals surface area (Å²) in [5.41, 5.74) is 3.65. The van der Waals surface area contributed by atoms with Gasteiger partial charge in [0.05, 0.1) is 25.0 Å². The molecule has 5 nitrogen and oxygen atoms in total. The molecular formula is C22H23N3O2. The van der Waals surface area contributed by atoms with E-state index >= 15 is 0 Å². The lowest BCUT2D eigenvalue weighted by atomic mass is 10.0. The second-order valence-corrected chi connectivity index (χ2v) is 6.89. The molecule has 5 heteroatoms. The van der Waals surface area contributed by atoms with Gasteiger partial charge in [-0.3, -0.25) is 4.79 Å². The topological polar surface area (TPSA) is 47.4 Å². The van der Waals surface area contributed by atoms with Crippen LogP contribution in [-0.4, -0.2) is 34.2 Å². The van der Waals surface area contributed by atoms with Crippen LogP contribution in [0, 0.1) is 6.92 Å². The van der Waals surface area contributed by atoms with Crippen molar-refractivity contribution >= 4 is 5.91 Å². The maximum absolute atomic E-state index is 13.3. The Morgan fingerprint density at radius 2 is 1.85 bits per heavy atom. The van der Waals surface area contributed by atoms with Crippen LogP contribution in [0.4, 0.5) is 0 Å². The van der Waals surface area contributed by atoms with Gasteiger partial charge in [-0.2, -0.15) is 5.10 Å². The number of nitrogens with zero attached hydrogens (tertiary/aromatic N) is 3. The molecular weight excluding hydrogens is 338 g/mol. The fourth-order valence-corrected chi connectivity index (χ4v) is 3.65. The van der Waals surface area contributed by atoms with E-state index in [-0.39, 0.29) is 11.9 Å². The maximum Gasteiger partial charge on any atom is 0.278 e. The zero-order chi connectivity index (χ0) is 18.8. The van der Waals surface area contributed by atoms with E-state index < -0.39 is 0 Å². The molecule has 3 aromatic rings. The summed E-state index contributed by atoms with van der Waals surface area (Å²) in [6, 6.07) is 18.3. The van der Waals surface area contributed by atoms with E-state index in [1.807, 2.05) is 35.2 Å². The summed E-state index contributed by atoms with van der Waals surface area (Å²) in [6.07, 6.45) is 3.72. The molecule has 0 N–H and O–H groups in total. The molecule has 1 aromatic heterocycles. The number of benzene rings is 2. The predicted octanol–water partition coefficient (Wildman–Crippen LogP) is 4.17. The van der Waals surface area contributed by atoms with E-state index in [0.717, 1.165) is 25.1 Å². The smallest absolute Gasteiger partial charge is 0.278 e. The van der Waals surface area contributed by atoms with Crippen molar-refractivity contribution in [2.45, 2.75) is 25.8 Å². The third-order valence-corrected chi connectivity index (χ3v) is 5.10. The minimum absolute atomic E-state index is 0.0791. The Balaban J connectivity index is 1.65. The molecule has 2 heterocycles. The lowest BCUT2D eigenvalue weighted by molar-refractivity contribution is 0.0726. The molecule has 0 spiro atoms. The first-order chi connectivity index (χ1) is 13.2. The van der Waals surface area contributed by atoms with E-state index in [1.54, 1.807) is 18.0 Å². The Hall–Kier alpha value is -3.08. The fraction of sp³-hybridized carbons (Fsp3) is 0.273. The Kier molecular flexibility index (Phi) is 4.67. The van der Waals surface area contributed by atoms with E-state index in [2.05, 4.69) is 36.3 Å². The lowest BCUT2D eigenvalue weighted by Crippen LogP contribution is -2.31. The van der Waals surface area contributed by atoms with Gasteiger partial charge in [-0.15, -0.1) is 0 Å². The van der Waals surface area contributed by atoms with Crippen molar-refractivity contribution in [3.05, 3.63) is 77.6 Å². The van der Waals surface area contributed by atoms with Gasteiger partial charge in [0.15, 0.2) is 11.4 Å². The number of rotatable bonds is 4. The highest BCUT2D eigenvalue weighted by atomic mass is 16.5. The van der Waals surface area contributed by atoms with Crippen molar-refractivity contribution in [2.75, 3.05) is 13.7 Å². The lowest BCUT2D eigenvalue weighted by Gasteiger charge is -2.24. The monoisotopic (exact) mass is 361 g/mol. The maximum atomic E-state index is 13.3. The number of methoxy groups -OCH3 is 1. The summed E-state index contributed by atoms with van der Waals surface area (Å²) >= 11 is 0. The molecule has 1 aliphatic heterocycles. The number of ether oxygens (including phenoxy) is 1. The van der Waals surface area contributed by atoms with Gasteiger partial charge in [0, 0.05) is 6.54 Å². The van der Waals surface area contributed by atoms with E-state index in [9.17, 15) is 4.79 Å². The van der Waals surface area contributed by atoms with Gasteiger partial charge in [0.1, 0.15) is 0 Å². The Labute approximate surface area is 159 Å². The Morgan fingerprint density at radius 3 is 2.56 bits per heavy atom. The number of likely N-dealkylation sites (tertiary alicyclic amines) is 1. The molecule has 1 atom stereocenters. The standard InChI is InChI=1S/C22H23N3O2/c1-16-10-12-17(13-11-16)19-9-6-14-24(19)22(26)21-20(27-2)15-25(23-21)18-7-4-3-5-8-18/h3-5,7-8,10-13,15,19H,6,9,14H2,1-2H3. The molecule has 0 saturated carbocycles. The molecule has 0 radical (unpaired) electrons. The van der Waals surface area contributed by atoms with Crippen LogP contribution in [0.25, 0.3) is 5.69 Å². The molecule has 0 bridgehead atoms. The van der Waals surface area contributed by atoms with Crippen LogP contribution in [0.3, 0.4) is 0 Å². The molecule has 0 aliphatic carbocycles. The first-order valence-corrected chi connectivity index (χ1v) is 9.24. The number of carbonyl (C=O) groups excluding carboxylic acids is 1. The fourth-order valence-electron chi connectivity index (χ4n) is 3.65. The van der Waals surface area contributed by atoms with Gasteiger partial charge in [0.25, 0.3) is 5.91 Å². The first kappa shape index (κ1) is 17.3. The number of aryl methyl sites for hydroxylation is 1. The highest BCUT2D eigenvalue weighted by molar-refractivity contribution is 5.95. The third kappa shape index (κ3) is 3.33. The molecule has 1 aliphatic rings. The predicted molar refractivity (Wildman–Crippen MR) is 104 cm³/mol. The van der Waals surface area contributed by atoms with Crippen LogP contribution < -0.4 is 4.74 Å². The molecule has 2 aromatic carbocycles. The largest absolute Gasteiger partial charge is 0.493 e. The van der Waals surface area contributed by atoms with E-state index in [4.69, 9.17) is 4.74 Å². The Bertz CT molecular complexity index is 932. The van der Waals surface area contributed by atoms with E-state index in [1.165, 1.54) is 11.1 Å². The van der Waals surface area contributed by atoms with Gasteiger partial charge < -0.3 is 9.64 Å². The van der Waals surface area contributed by atoms with Gasteiger partial charge in [-0.1, -0.05) is 48.0 Å². The first-order valence-electron chi connectivity index (χ1n) is 9.24. The van der Waals surface area contributed by atoms with Crippen LogP contribution in [0.15, 0.2) is 60.8 Å². The van der Waals surface area contributed by atoms with Crippen LogP contribution in [0.1, 0.15) is 40.5 Å². The van der Waals surface area contributed by atoms with Crippen molar-refractivity contribution in [3.8, 4) is 11.4 Å². The zero-order valence-electron chi connectivity index (χ0n) is 15.6. The molecule has 1 amide bonds. The number of carbonyl (C=O) groups is 1. The molecule has 27 heavy (non-hydrogen) atoms. The number of hydrogen-bond acceptors (Lipinski definition) is 3. The van der Waals surface area contributed by atoms with Gasteiger partial charge >= 0.3 is 0 Å². The van der Waals surface area contributed by atoms with E-state index in [0.29, 0.717) is 11.4 Å². The quantitative estimate of drug-likeness (QED) is 0.701. The van der Waals surface area contributed by atoms with Crippen molar-refractivity contribution < 1.29 is 9.53 Å². The van der Waals surface area contributed by atoms with Crippen molar-refractivity contribution in [3.63, 3.8) is 0 Å². The van der Waals surface area contributed by atoms with Crippen LogP contribution >= 0.6 is 0 Å². The number of hydrogen-bond donors (Lipinski definition) is 0. The van der Waals surface area contributed by atoms with Gasteiger partial charge in [-0.05, 0) is 37.5 Å². The Morgan fingerprint density at radius 1 is 1.11 bits per heavy atom. The summed E-state index contributed by atoms with van der Waals surface area (Å²) in [5.74, 6) is 0.419. The number of amides is 1. The molecule has 1 saturated heterocycles. The minimum atomic E-state index is -0.0791. The average Bonchev–Trinajstić information content (AvgIpc) is 3.36. The van der Waals surface area contributed by atoms with Crippen LogP contribution in [0.5, 0.6) is 5.75 Å². The third-order valence-electron chi connectivity index (χ3n) is 5.10. The van der Waals surface area contributed by atoms with Gasteiger partial charge in [-0.25, -0.2) is 4.68 Å². The highest BCUT2D eigenvalue weighted by Crippen LogP contribution is 2.34.